The zero-order chi connectivity index (χ0) is 19.8. The highest BCUT2D eigenvalue weighted by Crippen LogP contribution is 2.29. The van der Waals surface area contributed by atoms with Crippen LogP contribution >= 0.6 is 0 Å². The molecular formula is C19H18N2O5S. The molecule has 0 aromatic heterocycles. The molecule has 7 nitrogen and oxygen atoms in total. The van der Waals surface area contributed by atoms with Crippen molar-refractivity contribution in [1.29, 1.82) is 0 Å². The van der Waals surface area contributed by atoms with Gasteiger partial charge in [0.25, 0.3) is 0 Å². The maximum atomic E-state index is 12.7. The molecule has 2 aromatic carbocycles. The first-order valence-corrected chi connectivity index (χ1v) is 9.74. The van der Waals surface area contributed by atoms with Crippen LogP contribution in [0.5, 0.6) is 0 Å². The van der Waals surface area contributed by atoms with E-state index in [2.05, 4.69) is 0 Å². The van der Waals surface area contributed by atoms with Gasteiger partial charge in [-0.3, -0.25) is 14.4 Å². The van der Waals surface area contributed by atoms with Crippen LogP contribution in [0.1, 0.15) is 44.7 Å². The highest BCUT2D eigenvalue weighted by Gasteiger charge is 2.31. The molecule has 0 fully saturated rings. The van der Waals surface area contributed by atoms with Crippen LogP contribution in [0.25, 0.3) is 0 Å². The van der Waals surface area contributed by atoms with E-state index in [1.165, 1.54) is 25.2 Å². The number of carbonyl (C=O) groups excluding carboxylic acids is 3. The summed E-state index contributed by atoms with van der Waals surface area (Å²) in [6.45, 7) is 0.109. The molecule has 0 spiro atoms. The van der Waals surface area contributed by atoms with Gasteiger partial charge in [0, 0.05) is 42.3 Å². The molecule has 0 bridgehead atoms. The lowest BCUT2D eigenvalue weighted by Gasteiger charge is -2.20. The first-order valence-electron chi connectivity index (χ1n) is 8.30. The van der Waals surface area contributed by atoms with Gasteiger partial charge >= 0.3 is 0 Å². The summed E-state index contributed by atoms with van der Waals surface area (Å²) < 4.78 is 26.6. The first-order chi connectivity index (χ1) is 12.7. The Labute approximate surface area is 156 Å². The van der Waals surface area contributed by atoms with Gasteiger partial charge in [-0.2, -0.15) is 0 Å². The van der Waals surface area contributed by atoms with E-state index in [0.717, 1.165) is 4.31 Å². The van der Waals surface area contributed by atoms with Crippen LogP contribution in [0, 0.1) is 0 Å². The lowest BCUT2D eigenvalue weighted by molar-refractivity contribution is -0.118. The van der Waals surface area contributed by atoms with Gasteiger partial charge in [-0.05, 0) is 24.6 Å². The van der Waals surface area contributed by atoms with Crippen LogP contribution in [-0.2, 0) is 14.8 Å². The number of hydrogen-bond donors (Lipinski definition) is 1. The van der Waals surface area contributed by atoms with Crippen molar-refractivity contribution in [2.75, 3.05) is 13.6 Å². The number of fused-ring (bicyclic) bond motifs is 2. The Hall–Kier alpha value is -2.84. The van der Waals surface area contributed by atoms with E-state index in [0.29, 0.717) is 12.0 Å². The van der Waals surface area contributed by atoms with Gasteiger partial charge in [0.15, 0.2) is 11.6 Å². The molecule has 1 amide bonds. The lowest BCUT2D eigenvalue weighted by Crippen LogP contribution is -2.29. The second-order valence-corrected chi connectivity index (χ2v) is 8.35. The number of sulfonamides is 1. The summed E-state index contributed by atoms with van der Waals surface area (Å²) in [5, 5.41) is 0. The monoisotopic (exact) mass is 386 g/mol. The predicted molar refractivity (Wildman–Crippen MR) is 98.0 cm³/mol. The zero-order valence-corrected chi connectivity index (χ0v) is 15.5. The molecule has 3 rings (SSSR count). The molecule has 0 aliphatic heterocycles. The van der Waals surface area contributed by atoms with Gasteiger partial charge in [0.05, 0.1) is 4.90 Å². The summed E-state index contributed by atoms with van der Waals surface area (Å²) in [5.74, 6) is -1.19. The van der Waals surface area contributed by atoms with Gasteiger partial charge in [0.1, 0.15) is 0 Å². The zero-order valence-electron chi connectivity index (χ0n) is 14.6. The van der Waals surface area contributed by atoms with Crippen LogP contribution in [0.15, 0.2) is 47.4 Å². The van der Waals surface area contributed by atoms with Crippen LogP contribution in [-0.4, -0.2) is 43.8 Å². The SMILES string of the molecule is CN(CCCC(N)=O)S(=O)(=O)c1ccc2c(c1)C(=O)c1ccccc1C2=O. The highest BCUT2D eigenvalue weighted by molar-refractivity contribution is 7.89. The molecule has 27 heavy (non-hydrogen) atoms. The van der Waals surface area contributed by atoms with Crippen molar-refractivity contribution in [2.24, 2.45) is 5.73 Å². The van der Waals surface area contributed by atoms with Crippen LogP contribution in [0.3, 0.4) is 0 Å². The molecule has 1 aliphatic rings. The number of primary amides is 1. The van der Waals surface area contributed by atoms with Gasteiger partial charge in [-0.1, -0.05) is 24.3 Å². The summed E-state index contributed by atoms with van der Waals surface area (Å²) in [7, 11) is -2.48. The van der Waals surface area contributed by atoms with Crippen LogP contribution in [0.2, 0.25) is 0 Å². The van der Waals surface area contributed by atoms with Crippen LogP contribution in [0.4, 0.5) is 0 Å². The third-order valence-electron chi connectivity index (χ3n) is 4.50. The smallest absolute Gasteiger partial charge is 0.242 e. The topological polar surface area (TPSA) is 115 Å². The molecule has 0 unspecified atom stereocenters. The van der Waals surface area contributed by atoms with Gasteiger partial charge in [-0.25, -0.2) is 12.7 Å². The third-order valence-corrected chi connectivity index (χ3v) is 6.35. The average molecular weight is 386 g/mol. The molecule has 140 valence electrons. The number of ketones is 2. The number of amides is 1. The van der Waals surface area contributed by atoms with E-state index < -0.39 is 15.9 Å². The summed E-state index contributed by atoms with van der Waals surface area (Å²) in [4.78, 5) is 36.1. The van der Waals surface area contributed by atoms with Crippen molar-refractivity contribution in [3.8, 4) is 0 Å². The lowest BCUT2D eigenvalue weighted by atomic mass is 9.84. The minimum absolute atomic E-state index is 0.0744. The van der Waals surface area contributed by atoms with Gasteiger partial charge in [-0.15, -0.1) is 0 Å². The quantitative estimate of drug-likeness (QED) is 0.687. The molecule has 2 N–H and O–H groups in total. The van der Waals surface area contributed by atoms with E-state index in [4.69, 9.17) is 5.73 Å². The van der Waals surface area contributed by atoms with Crippen molar-refractivity contribution in [1.82, 2.24) is 4.31 Å². The molecular weight excluding hydrogens is 368 g/mol. The van der Waals surface area contributed by atoms with Crippen molar-refractivity contribution >= 4 is 27.5 Å². The number of benzene rings is 2. The van der Waals surface area contributed by atoms with Crippen molar-refractivity contribution in [3.63, 3.8) is 0 Å². The average Bonchev–Trinajstić information content (AvgIpc) is 2.65. The molecule has 0 saturated heterocycles. The fourth-order valence-electron chi connectivity index (χ4n) is 3.02. The van der Waals surface area contributed by atoms with Crippen LogP contribution < -0.4 is 5.73 Å². The molecule has 1 aliphatic carbocycles. The maximum Gasteiger partial charge on any atom is 0.242 e. The number of nitrogens with zero attached hydrogens (tertiary/aromatic N) is 1. The Morgan fingerprint density at radius 2 is 1.52 bits per heavy atom. The summed E-state index contributed by atoms with van der Waals surface area (Å²) in [5.41, 5.74) is 5.91. The molecule has 8 heteroatoms. The van der Waals surface area contributed by atoms with E-state index in [9.17, 15) is 22.8 Å². The largest absolute Gasteiger partial charge is 0.370 e. The molecule has 0 heterocycles. The minimum atomic E-state index is -3.87. The van der Waals surface area contributed by atoms with Crippen molar-refractivity contribution < 1.29 is 22.8 Å². The number of nitrogens with two attached hydrogens (primary N) is 1. The Balaban J connectivity index is 1.95. The summed E-state index contributed by atoms with van der Waals surface area (Å²) in [6.07, 6.45) is 0.370. The van der Waals surface area contributed by atoms with Gasteiger partial charge in [0.2, 0.25) is 15.9 Å². The fourth-order valence-corrected chi connectivity index (χ4v) is 4.25. The van der Waals surface area contributed by atoms with E-state index in [-0.39, 0.29) is 46.1 Å². The Bertz CT molecular complexity index is 1060. The Morgan fingerprint density at radius 3 is 2.11 bits per heavy atom. The van der Waals surface area contributed by atoms with E-state index in [1.54, 1.807) is 24.3 Å². The highest BCUT2D eigenvalue weighted by atomic mass is 32.2. The Kier molecular flexibility index (Phi) is 4.95. The number of rotatable bonds is 6. The standard InChI is InChI=1S/C19H18N2O5S/c1-21(10-4-7-17(20)22)27(25,26)12-8-9-15-16(11-12)19(24)14-6-3-2-5-13(14)18(15)23/h2-3,5-6,8-9,11H,4,7,10H2,1H3,(H2,20,22). The molecule has 0 atom stereocenters. The normalized spacial score (nSPS) is 13.4. The number of hydrogen-bond acceptors (Lipinski definition) is 5. The molecule has 0 saturated carbocycles. The number of carbonyl (C=O) groups is 3. The minimum Gasteiger partial charge on any atom is -0.370 e. The van der Waals surface area contributed by atoms with E-state index >= 15 is 0 Å². The van der Waals surface area contributed by atoms with E-state index in [1.807, 2.05) is 0 Å². The maximum absolute atomic E-state index is 12.7. The van der Waals surface area contributed by atoms with Crippen molar-refractivity contribution in [3.05, 3.63) is 64.7 Å². The predicted octanol–water partition coefficient (Wildman–Crippen LogP) is 1.35. The molecule has 0 radical (unpaired) electrons. The second-order valence-electron chi connectivity index (χ2n) is 6.31. The second kappa shape index (κ2) is 7.05. The molecule has 2 aromatic rings. The van der Waals surface area contributed by atoms with Crippen molar-refractivity contribution in [2.45, 2.75) is 17.7 Å². The summed E-state index contributed by atoms with van der Waals surface area (Å²) in [6, 6.07) is 10.4. The first kappa shape index (κ1) is 18.9. The Morgan fingerprint density at radius 1 is 0.963 bits per heavy atom. The fraction of sp³-hybridized carbons (Fsp3) is 0.211. The summed E-state index contributed by atoms with van der Waals surface area (Å²) >= 11 is 0. The van der Waals surface area contributed by atoms with Gasteiger partial charge < -0.3 is 5.73 Å². The third kappa shape index (κ3) is 3.41.